The van der Waals surface area contributed by atoms with Crippen LogP contribution >= 0.6 is 0 Å². The van der Waals surface area contributed by atoms with E-state index >= 15 is 0 Å². The molecule has 0 spiro atoms. The molecule has 1 N–H and O–H groups in total. The minimum absolute atomic E-state index is 0.0651. The van der Waals surface area contributed by atoms with Crippen molar-refractivity contribution in [1.29, 1.82) is 0 Å². The summed E-state index contributed by atoms with van der Waals surface area (Å²) in [5, 5.41) is 3.56. The van der Waals surface area contributed by atoms with Gasteiger partial charge in [0.05, 0.1) is 5.69 Å². The fourth-order valence-corrected chi connectivity index (χ4v) is 2.96. The van der Waals surface area contributed by atoms with Gasteiger partial charge in [0.25, 0.3) is 0 Å². The summed E-state index contributed by atoms with van der Waals surface area (Å²) in [6.45, 7) is 3.81. The summed E-state index contributed by atoms with van der Waals surface area (Å²) >= 11 is 0. The van der Waals surface area contributed by atoms with E-state index in [2.05, 4.69) is 31.8 Å². The highest BCUT2D eigenvalue weighted by molar-refractivity contribution is 5.02. The lowest BCUT2D eigenvalue weighted by Crippen LogP contribution is -2.34. The van der Waals surface area contributed by atoms with Crippen molar-refractivity contribution in [1.82, 2.24) is 24.8 Å². The molecular formula is C16H23N5O. The fraction of sp³-hybridized carbons (Fsp3) is 0.562. The number of nitrogens with one attached hydrogen (secondary N) is 1. The average molecular weight is 301 g/mol. The van der Waals surface area contributed by atoms with E-state index in [0.717, 1.165) is 37.5 Å². The monoisotopic (exact) mass is 301 g/mol. The highest BCUT2D eigenvalue weighted by Crippen LogP contribution is 2.32. The first-order valence-electron chi connectivity index (χ1n) is 7.84. The Bertz CT molecular complexity index is 585. The molecule has 3 atom stereocenters. The maximum absolute atomic E-state index is 6.00. The third-order valence-corrected chi connectivity index (χ3v) is 4.27. The molecule has 0 saturated carbocycles. The highest BCUT2D eigenvalue weighted by atomic mass is 16.5. The van der Waals surface area contributed by atoms with Crippen LogP contribution in [0.15, 0.2) is 31.0 Å². The molecule has 0 aliphatic carbocycles. The van der Waals surface area contributed by atoms with Gasteiger partial charge in [0, 0.05) is 63.1 Å². The van der Waals surface area contributed by atoms with E-state index in [1.165, 1.54) is 0 Å². The molecule has 22 heavy (non-hydrogen) atoms. The second-order valence-electron chi connectivity index (χ2n) is 5.85. The van der Waals surface area contributed by atoms with Crippen LogP contribution in [0, 0.1) is 5.92 Å². The van der Waals surface area contributed by atoms with Gasteiger partial charge in [-0.05, 0) is 19.8 Å². The summed E-state index contributed by atoms with van der Waals surface area (Å²) in [7, 11) is 2.02. The lowest BCUT2D eigenvalue weighted by Gasteiger charge is -2.32. The molecule has 6 heteroatoms. The molecule has 0 radical (unpaired) electrons. The van der Waals surface area contributed by atoms with Gasteiger partial charge in [-0.1, -0.05) is 0 Å². The Hall–Kier alpha value is -1.79. The van der Waals surface area contributed by atoms with Crippen LogP contribution in [-0.4, -0.2) is 32.7 Å². The van der Waals surface area contributed by atoms with Crippen molar-refractivity contribution in [2.45, 2.75) is 31.9 Å². The van der Waals surface area contributed by atoms with E-state index in [9.17, 15) is 0 Å². The summed E-state index contributed by atoms with van der Waals surface area (Å²) < 4.78 is 8.05. The SMILES string of the molecule is CC(NC[C@@H]1CCCO[C@H]1c1nccn1C)c1cnccn1. The number of aromatic nitrogens is 4. The minimum Gasteiger partial charge on any atom is -0.370 e. The minimum atomic E-state index is 0.0651. The van der Waals surface area contributed by atoms with Gasteiger partial charge in [-0.15, -0.1) is 0 Å². The molecule has 2 aromatic heterocycles. The predicted molar refractivity (Wildman–Crippen MR) is 83.1 cm³/mol. The molecule has 1 aliphatic heterocycles. The Morgan fingerprint density at radius 2 is 2.27 bits per heavy atom. The third-order valence-electron chi connectivity index (χ3n) is 4.27. The molecule has 3 heterocycles. The molecule has 3 rings (SSSR count). The molecule has 6 nitrogen and oxygen atoms in total. The van der Waals surface area contributed by atoms with E-state index in [-0.39, 0.29) is 12.1 Å². The maximum atomic E-state index is 6.00. The van der Waals surface area contributed by atoms with Crippen molar-refractivity contribution in [2.24, 2.45) is 13.0 Å². The average Bonchev–Trinajstić information content (AvgIpc) is 2.99. The maximum Gasteiger partial charge on any atom is 0.137 e. The second-order valence-corrected chi connectivity index (χ2v) is 5.85. The van der Waals surface area contributed by atoms with Gasteiger partial charge in [0.15, 0.2) is 0 Å². The Labute approximate surface area is 131 Å². The first kappa shape index (κ1) is 15.1. The van der Waals surface area contributed by atoms with Crippen LogP contribution in [0.3, 0.4) is 0 Å². The van der Waals surface area contributed by atoms with Gasteiger partial charge < -0.3 is 14.6 Å². The number of imidazole rings is 1. The van der Waals surface area contributed by atoms with Gasteiger partial charge in [-0.25, -0.2) is 4.98 Å². The van der Waals surface area contributed by atoms with E-state index in [1.807, 2.05) is 25.6 Å². The van der Waals surface area contributed by atoms with Crippen LogP contribution < -0.4 is 5.32 Å². The predicted octanol–water partition coefficient (Wildman–Crippen LogP) is 2.03. The summed E-state index contributed by atoms with van der Waals surface area (Å²) in [4.78, 5) is 12.9. The molecule has 1 fully saturated rings. The first-order chi connectivity index (χ1) is 10.8. The number of rotatable bonds is 5. The number of hydrogen-bond acceptors (Lipinski definition) is 5. The lowest BCUT2D eigenvalue weighted by atomic mass is 9.93. The molecule has 0 bridgehead atoms. The summed E-state index contributed by atoms with van der Waals surface area (Å²) in [6.07, 6.45) is 11.4. The fourth-order valence-electron chi connectivity index (χ4n) is 2.96. The Morgan fingerprint density at radius 3 is 3.00 bits per heavy atom. The molecule has 1 aliphatic rings. The van der Waals surface area contributed by atoms with Crippen molar-refractivity contribution in [3.05, 3.63) is 42.5 Å². The molecule has 2 aromatic rings. The van der Waals surface area contributed by atoms with Gasteiger partial charge in [-0.3, -0.25) is 9.97 Å². The Balaban J connectivity index is 1.64. The second kappa shape index (κ2) is 6.98. The number of ether oxygens (including phenoxy) is 1. The van der Waals surface area contributed by atoms with E-state index in [0.29, 0.717) is 5.92 Å². The summed E-state index contributed by atoms with van der Waals surface area (Å²) in [6, 6.07) is 0.178. The molecule has 118 valence electrons. The third kappa shape index (κ3) is 3.34. The molecule has 1 saturated heterocycles. The van der Waals surface area contributed by atoms with Gasteiger partial charge in [0.1, 0.15) is 11.9 Å². The number of nitrogens with zero attached hydrogens (tertiary/aromatic N) is 4. The Morgan fingerprint density at radius 1 is 1.36 bits per heavy atom. The van der Waals surface area contributed by atoms with Crippen LogP contribution in [-0.2, 0) is 11.8 Å². The molecule has 0 aromatic carbocycles. The molecular weight excluding hydrogens is 278 g/mol. The van der Waals surface area contributed by atoms with Crippen molar-refractivity contribution in [3.63, 3.8) is 0 Å². The lowest BCUT2D eigenvalue weighted by molar-refractivity contribution is -0.0349. The van der Waals surface area contributed by atoms with Gasteiger partial charge in [0.2, 0.25) is 0 Å². The van der Waals surface area contributed by atoms with Crippen molar-refractivity contribution in [3.8, 4) is 0 Å². The molecule has 1 unspecified atom stereocenters. The van der Waals surface area contributed by atoms with E-state index in [4.69, 9.17) is 4.74 Å². The van der Waals surface area contributed by atoms with Crippen LogP contribution in [0.4, 0.5) is 0 Å². The summed E-state index contributed by atoms with van der Waals surface area (Å²) in [5.41, 5.74) is 0.966. The zero-order chi connectivity index (χ0) is 15.4. The van der Waals surface area contributed by atoms with Crippen LogP contribution in [0.25, 0.3) is 0 Å². The van der Waals surface area contributed by atoms with Crippen LogP contribution in [0.1, 0.15) is 43.4 Å². The zero-order valence-corrected chi connectivity index (χ0v) is 13.1. The van der Waals surface area contributed by atoms with Crippen molar-refractivity contribution >= 4 is 0 Å². The summed E-state index contributed by atoms with van der Waals surface area (Å²) in [5.74, 6) is 1.44. The Kier molecular flexibility index (Phi) is 4.80. The first-order valence-corrected chi connectivity index (χ1v) is 7.84. The largest absolute Gasteiger partial charge is 0.370 e. The van der Waals surface area contributed by atoms with Crippen LogP contribution in [0.2, 0.25) is 0 Å². The van der Waals surface area contributed by atoms with Crippen molar-refractivity contribution < 1.29 is 4.74 Å². The zero-order valence-electron chi connectivity index (χ0n) is 13.1. The normalized spacial score (nSPS) is 23.4. The number of hydrogen-bond donors (Lipinski definition) is 1. The van der Waals surface area contributed by atoms with Gasteiger partial charge in [-0.2, -0.15) is 0 Å². The van der Waals surface area contributed by atoms with E-state index in [1.54, 1.807) is 12.4 Å². The van der Waals surface area contributed by atoms with E-state index < -0.39 is 0 Å². The highest BCUT2D eigenvalue weighted by Gasteiger charge is 2.30. The number of aryl methyl sites for hydroxylation is 1. The molecule has 0 amide bonds. The quantitative estimate of drug-likeness (QED) is 0.915. The van der Waals surface area contributed by atoms with Crippen LogP contribution in [0.5, 0.6) is 0 Å². The van der Waals surface area contributed by atoms with Crippen molar-refractivity contribution in [2.75, 3.05) is 13.2 Å². The standard InChI is InChI=1S/C16H23N5O/c1-12(14-11-17-5-6-18-14)20-10-13-4-3-9-22-15(13)16-19-7-8-21(16)2/h5-8,11-13,15,20H,3-4,9-10H2,1-2H3/t12?,13-,15+/m0/s1. The topological polar surface area (TPSA) is 64.9 Å². The van der Waals surface area contributed by atoms with Gasteiger partial charge >= 0.3 is 0 Å². The smallest absolute Gasteiger partial charge is 0.137 e.